The maximum absolute atomic E-state index is 10.6. The summed E-state index contributed by atoms with van der Waals surface area (Å²) in [4.78, 5) is 13.8. The molecule has 0 aliphatic rings. The van der Waals surface area contributed by atoms with Crippen molar-refractivity contribution in [1.29, 1.82) is 0 Å². The summed E-state index contributed by atoms with van der Waals surface area (Å²) in [6, 6.07) is 6.83. The number of thioether (sulfide) groups is 1. The Kier molecular flexibility index (Phi) is 4.65. The first kappa shape index (κ1) is 14.4. The number of hydrogen-bond acceptors (Lipinski definition) is 5. The second kappa shape index (κ2) is 6.44. The van der Waals surface area contributed by atoms with Crippen molar-refractivity contribution < 1.29 is 15.1 Å². The quantitative estimate of drug-likeness (QED) is 0.290. The summed E-state index contributed by atoms with van der Waals surface area (Å²) in [6.07, 6.45) is 2.28. The number of rotatable bonds is 5. The molecule has 7 heteroatoms. The number of carboxylic acids is 1. The summed E-state index contributed by atoms with van der Waals surface area (Å²) in [6.45, 7) is 0. The highest BCUT2D eigenvalue weighted by molar-refractivity contribution is 8.14. The van der Waals surface area contributed by atoms with Crippen LogP contribution in [-0.4, -0.2) is 38.1 Å². The van der Waals surface area contributed by atoms with Crippen molar-refractivity contribution in [2.75, 3.05) is 5.75 Å². The van der Waals surface area contributed by atoms with Crippen LogP contribution in [0.2, 0.25) is 0 Å². The summed E-state index contributed by atoms with van der Waals surface area (Å²) in [7, 11) is 0. The molecule has 5 N–H and O–H groups in total. The maximum atomic E-state index is 10.6. The number of carboxylic acid groups (broad SMARTS) is 1. The molecule has 2 aromatic rings. The number of nitrogens with two attached hydrogens (primary N) is 1. The number of aliphatic carboxylic acids is 1. The fraction of sp³-hybridized carbons (Fsp3) is 0.231. The van der Waals surface area contributed by atoms with Crippen LogP contribution < -0.4 is 5.73 Å². The Labute approximate surface area is 119 Å². The van der Waals surface area contributed by atoms with E-state index in [1.807, 2.05) is 30.5 Å². The third kappa shape index (κ3) is 3.31. The van der Waals surface area contributed by atoms with Gasteiger partial charge in [-0.1, -0.05) is 23.4 Å². The van der Waals surface area contributed by atoms with Gasteiger partial charge in [0.2, 0.25) is 0 Å². The average Bonchev–Trinajstić information content (AvgIpc) is 2.86. The molecule has 0 unspecified atom stereocenters. The number of aromatic nitrogens is 1. The molecule has 0 amide bonds. The molecule has 106 valence electrons. The lowest BCUT2D eigenvalue weighted by Gasteiger charge is -2.07. The lowest BCUT2D eigenvalue weighted by atomic mass is 10.1. The van der Waals surface area contributed by atoms with Crippen LogP contribution in [0.15, 0.2) is 35.6 Å². The van der Waals surface area contributed by atoms with E-state index in [1.165, 1.54) is 0 Å². The third-order valence-electron chi connectivity index (χ3n) is 2.87. The predicted molar refractivity (Wildman–Crippen MR) is 79.3 cm³/mol. The molecule has 20 heavy (non-hydrogen) atoms. The van der Waals surface area contributed by atoms with E-state index in [-0.39, 0.29) is 5.75 Å². The van der Waals surface area contributed by atoms with Crippen LogP contribution in [0.25, 0.3) is 10.9 Å². The monoisotopic (exact) mass is 293 g/mol. The molecule has 0 saturated carbocycles. The van der Waals surface area contributed by atoms with Crippen molar-refractivity contribution in [1.82, 2.24) is 4.98 Å². The predicted octanol–water partition coefficient (Wildman–Crippen LogP) is 1.64. The first-order valence-electron chi connectivity index (χ1n) is 5.99. The van der Waals surface area contributed by atoms with Gasteiger partial charge in [-0.2, -0.15) is 0 Å². The molecule has 2 rings (SSSR count). The summed E-state index contributed by atoms with van der Waals surface area (Å²) in [5.41, 5.74) is 7.42. The van der Waals surface area contributed by atoms with Gasteiger partial charge in [-0.15, -0.1) is 11.8 Å². The third-order valence-corrected chi connectivity index (χ3v) is 3.96. The van der Waals surface area contributed by atoms with Crippen LogP contribution in [0.1, 0.15) is 5.56 Å². The zero-order valence-corrected chi connectivity index (χ0v) is 11.4. The molecular weight excluding hydrogens is 278 g/mol. The lowest BCUT2D eigenvalue weighted by molar-refractivity contribution is -0.137. The molecular formula is C13H15N3O3S. The smallest absolute Gasteiger partial charge is 0.321 e. The Morgan fingerprint density at radius 1 is 1.45 bits per heavy atom. The summed E-state index contributed by atoms with van der Waals surface area (Å²) in [5, 5.41) is 22.4. The van der Waals surface area contributed by atoms with Gasteiger partial charge in [-0.25, -0.2) is 0 Å². The molecule has 0 spiro atoms. The number of benzene rings is 1. The van der Waals surface area contributed by atoms with Crippen molar-refractivity contribution in [2.45, 2.75) is 12.5 Å². The molecule has 1 aromatic heterocycles. The van der Waals surface area contributed by atoms with E-state index < -0.39 is 12.0 Å². The van der Waals surface area contributed by atoms with Crippen molar-refractivity contribution in [2.24, 2.45) is 10.9 Å². The molecule has 1 atom stereocenters. The first-order valence-corrected chi connectivity index (χ1v) is 6.97. The normalized spacial score (nSPS) is 13.6. The number of nitrogens with one attached hydrogen (secondary N) is 1. The van der Waals surface area contributed by atoms with Crippen LogP contribution in [0, 0.1) is 0 Å². The van der Waals surface area contributed by atoms with Gasteiger partial charge in [0.1, 0.15) is 11.1 Å². The van der Waals surface area contributed by atoms with Crippen LogP contribution in [0.4, 0.5) is 0 Å². The minimum absolute atomic E-state index is 0.164. The van der Waals surface area contributed by atoms with Crippen LogP contribution in [0.5, 0.6) is 0 Å². The van der Waals surface area contributed by atoms with Gasteiger partial charge in [0.05, 0.1) is 0 Å². The number of hydrogen-bond donors (Lipinski definition) is 4. The minimum Gasteiger partial charge on any atom is -0.480 e. The number of para-hydroxylation sites is 1. The van der Waals surface area contributed by atoms with Gasteiger partial charge >= 0.3 is 5.97 Å². The van der Waals surface area contributed by atoms with Crippen molar-refractivity contribution in [3.63, 3.8) is 0 Å². The van der Waals surface area contributed by atoms with E-state index in [4.69, 9.17) is 16.0 Å². The number of oxime groups is 1. The van der Waals surface area contributed by atoms with E-state index in [2.05, 4.69) is 10.1 Å². The van der Waals surface area contributed by atoms with Gasteiger partial charge in [0.15, 0.2) is 0 Å². The van der Waals surface area contributed by atoms with Crippen molar-refractivity contribution >= 4 is 33.7 Å². The van der Waals surface area contributed by atoms with Gasteiger partial charge in [-0.3, -0.25) is 4.79 Å². The van der Waals surface area contributed by atoms with Gasteiger partial charge in [0.25, 0.3) is 0 Å². The fourth-order valence-corrected chi connectivity index (χ4v) is 2.64. The highest BCUT2D eigenvalue weighted by Gasteiger charge is 2.14. The van der Waals surface area contributed by atoms with Crippen LogP contribution in [-0.2, 0) is 11.2 Å². The molecule has 0 fully saturated rings. The minimum atomic E-state index is -1.07. The Morgan fingerprint density at radius 3 is 2.90 bits per heavy atom. The molecule has 0 aliphatic carbocycles. The van der Waals surface area contributed by atoms with Gasteiger partial charge in [-0.05, 0) is 11.6 Å². The SMILES string of the molecule is N[C@@H](CS/C(Cc1c[nH]c2ccccc12)=N\O)C(=O)O. The van der Waals surface area contributed by atoms with Crippen LogP contribution in [0.3, 0.4) is 0 Å². The summed E-state index contributed by atoms with van der Waals surface area (Å²) in [5.74, 6) is -0.904. The Morgan fingerprint density at radius 2 is 2.20 bits per heavy atom. The molecule has 0 saturated heterocycles. The topological polar surface area (TPSA) is 112 Å². The Bertz CT molecular complexity index is 639. The second-order valence-corrected chi connectivity index (χ2v) is 5.38. The maximum Gasteiger partial charge on any atom is 0.321 e. The highest BCUT2D eigenvalue weighted by atomic mass is 32.2. The summed E-state index contributed by atoms with van der Waals surface area (Å²) >= 11 is 1.15. The fourth-order valence-electron chi connectivity index (χ4n) is 1.81. The number of H-pyrrole nitrogens is 1. The van der Waals surface area contributed by atoms with E-state index in [9.17, 15) is 4.79 Å². The Balaban J connectivity index is 2.05. The lowest BCUT2D eigenvalue weighted by Crippen LogP contribution is -2.33. The number of nitrogens with zero attached hydrogens (tertiary/aromatic N) is 1. The molecule has 1 aromatic carbocycles. The molecule has 6 nitrogen and oxygen atoms in total. The standard InChI is InChI=1S/C13H15N3O3S/c14-10(13(17)18)7-20-12(16-19)5-8-6-15-11-4-2-1-3-9(8)11/h1-4,6,10,15,19H,5,7,14H2,(H,17,18)/b16-12-/t10-/m0/s1. The second-order valence-electron chi connectivity index (χ2n) is 4.29. The average molecular weight is 293 g/mol. The highest BCUT2D eigenvalue weighted by Crippen LogP contribution is 2.20. The molecule has 0 aliphatic heterocycles. The zero-order valence-electron chi connectivity index (χ0n) is 10.6. The zero-order chi connectivity index (χ0) is 14.5. The first-order chi connectivity index (χ1) is 9.61. The summed E-state index contributed by atoms with van der Waals surface area (Å²) < 4.78 is 0. The number of fused-ring (bicyclic) bond motifs is 1. The largest absolute Gasteiger partial charge is 0.480 e. The van der Waals surface area contributed by atoms with E-state index >= 15 is 0 Å². The van der Waals surface area contributed by atoms with E-state index in [1.54, 1.807) is 0 Å². The van der Waals surface area contributed by atoms with E-state index in [0.717, 1.165) is 28.2 Å². The van der Waals surface area contributed by atoms with Gasteiger partial charge < -0.3 is 21.0 Å². The number of carbonyl (C=O) groups is 1. The van der Waals surface area contributed by atoms with Crippen molar-refractivity contribution in [3.05, 3.63) is 36.0 Å². The molecule has 1 heterocycles. The van der Waals surface area contributed by atoms with E-state index in [0.29, 0.717) is 11.5 Å². The molecule has 0 radical (unpaired) electrons. The van der Waals surface area contributed by atoms with Crippen LogP contribution >= 0.6 is 11.8 Å². The van der Waals surface area contributed by atoms with Crippen molar-refractivity contribution in [3.8, 4) is 0 Å². The Hall–Kier alpha value is -1.99. The molecule has 0 bridgehead atoms. The number of aromatic amines is 1. The van der Waals surface area contributed by atoms with Gasteiger partial charge in [0, 0.05) is 29.3 Å².